The second kappa shape index (κ2) is 17.4. The second-order valence-corrected chi connectivity index (χ2v) is 14.3. The Morgan fingerprint density at radius 1 is 0.943 bits per heavy atom. The van der Waals surface area contributed by atoms with Gasteiger partial charge >= 0.3 is 22.6 Å². The van der Waals surface area contributed by atoms with Crippen molar-refractivity contribution in [3.05, 3.63) is 123 Å². The van der Waals surface area contributed by atoms with E-state index in [1.54, 1.807) is 12.1 Å². The average Bonchev–Trinajstić information content (AvgIpc) is 3.37. The fourth-order valence-electron chi connectivity index (χ4n) is 5.04. The quantitative estimate of drug-likeness (QED) is 0.0349. The molecule has 0 unspecified atom stereocenters. The third kappa shape index (κ3) is 9.61. The Labute approximate surface area is 319 Å². The first kappa shape index (κ1) is 41.0. The van der Waals surface area contributed by atoms with E-state index in [4.69, 9.17) is 4.74 Å². The van der Waals surface area contributed by atoms with Gasteiger partial charge in [0.05, 0.1) is 46.5 Å². The van der Waals surface area contributed by atoms with E-state index in [-0.39, 0.29) is 51.7 Å². The van der Waals surface area contributed by atoms with Crippen molar-refractivity contribution in [3.8, 4) is 23.0 Å². The summed E-state index contributed by atoms with van der Waals surface area (Å²) in [5.74, 6) is -0.654. The number of amides is 1. The van der Waals surface area contributed by atoms with E-state index in [0.717, 1.165) is 32.6 Å². The summed E-state index contributed by atoms with van der Waals surface area (Å²) in [5, 5.41) is 37.4. The standard InChI is InChI=1S/C35H35N5O10S2.Cu/c1-5-48-30-19-10-23(35(2,3)4)20-22(30)21-36-32(41)28-8-6-7-9-29(28)37-38-31-33(42)39(24-11-15-26(16-12-24)51-50-49-44)40(34(31)43)25-13-17-27(18-14-25)52(45,46)47;/h6-20H,5,21H2,1-4H3,(H4,36,37,41,42,43,44,45,46,47);/q;+1/p-3. The number of aromatic hydroxyl groups is 1. The minimum atomic E-state index is -4.79. The van der Waals surface area contributed by atoms with Crippen LogP contribution in [-0.2, 0) is 48.5 Å². The van der Waals surface area contributed by atoms with Crippen molar-refractivity contribution in [2.24, 2.45) is 10.2 Å². The minimum Gasteiger partial charge on any atom is -0.744 e. The molecule has 282 valence electrons. The Bertz CT molecular complexity index is 2270. The van der Waals surface area contributed by atoms with Gasteiger partial charge in [0.25, 0.3) is 0 Å². The monoisotopic (exact) mass is 809 g/mol. The van der Waals surface area contributed by atoms with Gasteiger partial charge in [-0.15, -0.1) is 10.2 Å². The van der Waals surface area contributed by atoms with Crippen LogP contribution in [0.4, 0.5) is 11.4 Å². The number of carbonyl (C=O) groups is 1. The first-order valence-electron chi connectivity index (χ1n) is 15.6. The maximum atomic E-state index is 13.8. The smallest absolute Gasteiger partial charge is 0.744 e. The molecule has 0 fully saturated rings. The summed E-state index contributed by atoms with van der Waals surface area (Å²) >= 11 is 0.620. The van der Waals surface area contributed by atoms with E-state index < -0.39 is 38.0 Å². The number of hydrogen-bond donors (Lipinski definition) is 1. The molecule has 0 saturated carbocycles. The maximum absolute atomic E-state index is 13.8. The molecule has 5 aromatic rings. The van der Waals surface area contributed by atoms with Crippen molar-refractivity contribution in [1.29, 1.82) is 0 Å². The molecule has 0 bridgehead atoms. The van der Waals surface area contributed by atoms with E-state index in [1.165, 1.54) is 48.5 Å². The van der Waals surface area contributed by atoms with Crippen LogP contribution in [0.3, 0.4) is 0 Å². The molecule has 1 N–H and O–H groups in total. The van der Waals surface area contributed by atoms with Crippen molar-refractivity contribution >= 4 is 39.4 Å². The molecule has 5 rings (SSSR count). The molecule has 0 aliphatic carbocycles. The third-order valence-corrected chi connectivity index (χ3v) is 9.07. The Kier molecular flexibility index (Phi) is 13.4. The Morgan fingerprint density at radius 2 is 1.58 bits per heavy atom. The van der Waals surface area contributed by atoms with Crippen LogP contribution < -0.4 is 15.6 Å². The third-order valence-electron chi connectivity index (χ3n) is 7.63. The van der Waals surface area contributed by atoms with Gasteiger partial charge in [-0.1, -0.05) is 57.6 Å². The van der Waals surface area contributed by atoms with Crippen LogP contribution in [-0.4, -0.2) is 40.0 Å². The van der Waals surface area contributed by atoms with Crippen LogP contribution in [0.15, 0.2) is 116 Å². The zero-order chi connectivity index (χ0) is 37.6. The summed E-state index contributed by atoms with van der Waals surface area (Å²) in [7, 11) is -4.79. The number of hydrogen-bond acceptors (Lipinski definition) is 13. The molecular formula is C35H32CuN5O10S2-2. The van der Waals surface area contributed by atoms with Crippen LogP contribution in [0.2, 0.25) is 0 Å². The van der Waals surface area contributed by atoms with Gasteiger partial charge in [-0.3, -0.25) is 9.83 Å². The maximum Gasteiger partial charge on any atom is 1.00 e. The van der Waals surface area contributed by atoms with E-state index >= 15 is 0 Å². The van der Waals surface area contributed by atoms with Crippen LogP contribution in [0, 0.1) is 0 Å². The number of carbonyl (C=O) groups excluding carboxylic acids is 1. The Balaban J connectivity index is 0.00000627. The molecule has 1 amide bonds. The van der Waals surface area contributed by atoms with Gasteiger partial charge in [-0.05, 0) is 84.1 Å². The molecule has 18 heteroatoms. The molecule has 0 saturated heterocycles. The zero-order valence-electron chi connectivity index (χ0n) is 28.5. The van der Waals surface area contributed by atoms with E-state index in [0.29, 0.717) is 29.3 Å². The van der Waals surface area contributed by atoms with Crippen molar-refractivity contribution < 1.29 is 59.3 Å². The van der Waals surface area contributed by atoms with E-state index in [2.05, 4.69) is 45.7 Å². The van der Waals surface area contributed by atoms with Crippen LogP contribution in [0.25, 0.3) is 16.7 Å². The van der Waals surface area contributed by atoms with E-state index in [1.807, 2.05) is 25.1 Å². The van der Waals surface area contributed by atoms with Crippen molar-refractivity contribution in [3.63, 3.8) is 0 Å². The average molecular weight is 810 g/mol. The largest absolute Gasteiger partial charge is 1.00 e. The number of rotatable bonds is 13. The van der Waals surface area contributed by atoms with Crippen LogP contribution >= 0.6 is 12.0 Å². The number of aromatic nitrogens is 2. The SMILES string of the molecule is CCOc1ccc(C(C)(C)C)cc1C[N-]C(=O)c1ccccc1N=Nc1c(O)n(-c2ccc(SOO[O-])cc2)n(-c2ccc(S(=O)(=O)[O-])cc2)c1=O.[Cu+]. The molecule has 0 aliphatic heterocycles. The number of benzene rings is 4. The minimum absolute atomic E-state index is 0. The summed E-state index contributed by atoms with van der Waals surface area (Å²) < 4.78 is 46.7. The van der Waals surface area contributed by atoms with Crippen molar-refractivity contribution in [2.45, 2.75) is 49.4 Å². The van der Waals surface area contributed by atoms with E-state index in [9.17, 15) is 32.9 Å². The van der Waals surface area contributed by atoms with Gasteiger partial charge in [0.2, 0.25) is 11.6 Å². The fourth-order valence-corrected chi connectivity index (χ4v) is 5.87. The van der Waals surface area contributed by atoms with Gasteiger partial charge in [0.1, 0.15) is 15.9 Å². The van der Waals surface area contributed by atoms with Crippen LogP contribution in [0.5, 0.6) is 11.6 Å². The van der Waals surface area contributed by atoms with Gasteiger partial charge in [-0.25, -0.2) is 17.8 Å². The fraction of sp³-hybridized carbons (Fsp3) is 0.200. The molecule has 0 atom stereocenters. The summed E-state index contributed by atoms with van der Waals surface area (Å²) in [6.07, 6.45) is 0. The number of ether oxygens (including phenoxy) is 1. The second-order valence-electron chi connectivity index (χ2n) is 12.1. The molecule has 0 radical (unpaired) electrons. The predicted octanol–water partition coefficient (Wildman–Crippen LogP) is 6.29. The van der Waals surface area contributed by atoms with Gasteiger partial charge in [0.15, 0.2) is 0 Å². The molecule has 15 nitrogen and oxygen atoms in total. The summed E-state index contributed by atoms with van der Waals surface area (Å²) in [5.41, 5.74) is 0.657. The number of nitrogens with zero attached hydrogens (tertiary/aromatic N) is 5. The molecule has 0 spiro atoms. The molecule has 4 aromatic carbocycles. The summed E-state index contributed by atoms with van der Waals surface area (Å²) in [6.45, 7) is 8.55. The zero-order valence-corrected chi connectivity index (χ0v) is 31.1. The Morgan fingerprint density at radius 3 is 2.21 bits per heavy atom. The molecule has 0 aliphatic rings. The topological polar surface area (TPSA) is 211 Å². The van der Waals surface area contributed by atoms with Crippen LogP contribution in [0.1, 0.15) is 49.2 Å². The summed E-state index contributed by atoms with van der Waals surface area (Å²) in [4.78, 5) is 27.2. The normalized spacial score (nSPS) is 11.7. The van der Waals surface area contributed by atoms with Crippen molar-refractivity contribution in [1.82, 2.24) is 9.36 Å². The van der Waals surface area contributed by atoms with Crippen molar-refractivity contribution in [2.75, 3.05) is 6.61 Å². The van der Waals surface area contributed by atoms with Gasteiger partial charge < -0.3 is 29.8 Å². The molecule has 53 heavy (non-hydrogen) atoms. The molecule has 1 aromatic heterocycles. The molecular weight excluding hydrogens is 778 g/mol. The predicted molar refractivity (Wildman–Crippen MR) is 187 cm³/mol. The Hall–Kier alpha value is -4.78. The first-order valence-corrected chi connectivity index (χ1v) is 17.7. The van der Waals surface area contributed by atoms with Gasteiger partial charge in [0, 0.05) is 10.5 Å². The van der Waals surface area contributed by atoms with Gasteiger partial charge in [-0.2, -0.15) is 4.33 Å². The number of azo groups is 1. The summed E-state index contributed by atoms with van der Waals surface area (Å²) in [6, 6.07) is 22.4. The molecule has 1 heterocycles. The first-order chi connectivity index (χ1) is 24.7.